The number of thiocarbonyl (C=S) groups is 1. The number of carbonyl (C=O) groups is 1. The first kappa shape index (κ1) is 19.5. The molecule has 146 valence electrons. The maximum Gasteiger partial charge on any atom is 0.270 e. The van der Waals surface area contributed by atoms with Crippen molar-refractivity contribution < 1.29 is 14.3 Å². The van der Waals surface area contributed by atoms with E-state index in [0.29, 0.717) is 27.3 Å². The molecule has 4 rings (SSSR count). The molecule has 0 aromatic heterocycles. The first-order valence-corrected chi connectivity index (χ1v) is 10.4. The van der Waals surface area contributed by atoms with E-state index in [0.717, 1.165) is 22.0 Å². The molecule has 0 radical (unpaired) electrons. The second kappa shape index (κ2) is 8.27. The Kier molecular flexibility index (Phi) is 5.56. The number of benzene rings is 3. The molecule has 6 heteroatoms. The van der Waals surface area contributed by atoms with Crippen molar-refractivity contribution in [1.29, 1.82) is 0 Å². The van der Waals surface area contributed by atoms with Crippen LogP contribution in [0.15, 0.2) is 65.6 Å². The van der Waals surface area contributed by atoms with E-state index in [1.54, 1.807) is 12.0 Å². The highest BCUT2D eigenvalue weighted by molar-refractivity contribution is 8.27. The maximum atomic E-state index is 13.1. The fourth-order valence-electron chi connectivity index (χ4n) is 3.21. The van der Waals surface area contributed by atoms with Crippen LogP contribution in [0.5, 0.6) is 11.5 Å². The van der Waals surface area contributed by atoms with Gasteiger partial charge in [0.1, 0.15) is 0 Å². The normalized spacial score (nSPS) is 15.4. The number of ether oxygens (including phenoxy) is 2. The predicted molar refractivity (Wildman–Crippen MR) is 124 cm³/mol. The lowest BCUT2D eigenvalue weighted by Gasteiger charge is -2.15. The molecule has 1 saturated heterocycles. The van der Waals surface area contributed by atoms with Gasteiger partial charge in [-0.2, -0.15) is 0 Å². The Balaban J connectivity index is 1.65. The summed E-state index contributed by atoms with van der Waals surface area (Å²) in [5, 5.41) is 2.19. The lowest BCUT2D eigenvalue weighted by atomic mass is 10.1. The number of carbonyl (C=O) groups excluding carboxylic acids is 1. The van der Waals surface area contributed by atoms with Crippen molar-refractivity contribution >= 4 is 56.7 Å². The Labute approximate surface area is 179 Å². The average Bonchev–Trinajstić information content (AvgIpc) is 3.01. The molecule has 1 heterocycles. The molecule has 0 atom stereocenters. The lowest BCUT2D eigenvalue weighted by molar-refractivity contribution is -0.113. The van der Waals surface area contributed by atoms with Gasteiger partial charge in [0.2, 0.25) is 0 Å². The van der Waals surface area contributed by atoms with E-state index in [-0.39, 0.29) is 5.91 Å². The average molecular weight is 422 g/mol. The Bertz CT molecular complexity index is 1140. The van der Waals surface area contributed by atoms with Crippen LogP contribution in [0.4, 0.5) is 5.69 Å². The number of nitrogens with zero attached hydrogens (tertiary/aromatic N) is 1. The summed E-state index contributed by atoms with van der Waals surface area (Å²) in [4.78, 5) is 15.2. The highest BCUT2D eigenvalue weighted by Crippen LogP contribution is 2.38. The first-order chi connectivity index (χ1) is 14.1. The standard InChI is InChI=1S/C23H19NO3S2/c1-3-27-19-11-8-15(12-20(19)26-2)13-21-22(25)24(23(28)29-21)18-10-9-16-6-4-5-7-17(16)14-18/h4-14H,3H2,1-2H3/b21-13-. The van der Waals surface area contributed by atoms with Gasteiger partial charge < -0.3 is 9.47 Å². The van der Waals surface area contributed by atoms with Crippen LogP contribution < -0.4 is 14.4 Å². The molecular formula is C23H19NO3S2. The summed E-state index contributed by atoms with van der Waals surface area (Å²) in [6.07, 6.45) is 1.83. The van der Waals surface area contributed by atoms with Crippen molar-refractivity contribution in [2.75, 3.05) is 18.6 Å². The van der Waals surface area contributed by atoms with Gasteiger partial charge in [-0.25, -0.2) is 0 Å². The first-order valence-electron chi connectivity index (χ1n) is 9.18. The third-order valence-electron chi connectivity index (χ3n) is 4.57. The van der Waals surface area contributed by atoms with E-state index in [9.17, 15) is 4.79 Å². The number of methoxy groups -OCH3 is 1. The van der Waals surface area contributed by atoms with E-state index in [1.807, 2.05) is 73.7 Å². The fourth-order valence-corrected chi connectivity index (χ4v) is 4.51. The Hall–Kier alpha value is -2.83. The van der Waals surface area contributed by atoms with Crippen molar-refractivity contribution in [2.45, 2.75) is 6.92 Å². The monoisotopic (exact) mass is 421 g/mol. The van der Waals surface area contributed by atoms with Crippen molar-refractivity contribution in [3.05, 3.63) is 71.1 Å². The van der Waals surface area contributed by atoms with E-state index >= 15 is 0 Å². The summed E-state index contributed by atoms with van der Waals surface area (Å²) in [6, 6.07) is 19.6. The minimum atomic E-state index is -0.122. The van der Waals surface area contributed by atoms with E-state index in [2.05, 4.69) is 0 Å². The van der Waals surface area contributed by atoms with Crippen LogP contribution in [-0.2, 0) is 4.79 Å². The van der Waals surface area contributed by atoms with Gasteiger partial charge >= 0.3 is 0 Å². The van der Waals surface area contributed by atoms with Gasteiger partial charge in [0, 0.05) is 0 Å². The molecule has 0 bridgehead atoms. The van der Waals surface area contributed by atoms with Crippen LogP contribution >= 0.6 is 24.0 Å². The van der Waals surface area contributed by atoms with Crippen molar-refractivity contribution in [1.82, 2.24) is 0 Å². The third-order valence-corrected chi connectivity index (χ3v) is 5.87. The van der Waals surface area contributed by atoms with Crippen LogP contribution in [0.1, 0.15) is 12.5 Å². The number of hydrogen-bond donors (Lipinski definition) is 0. The highest BCUT2D eigenvalue weighted by Gasteiger charge is 2.33. The molecule has 3 aromatic rings. The Morgan fingerprint density at radius 1 is 1.03 bits per heavy atom. The van der Waals surface area contributed by atoms with Gasteiger partial charge in [0.05, 0.1) is 24.3 Å². The van der Waals surface area contributed by atoms with E-state index in [4.69, 9.17) is 21.7 Å². The van der Waals surface area contributed by atoms with Crippen LogP contribution in [0.2, 0.25) is 0 Å². The molecule has 1 aliphatic rings. The van der Waals surface area contributed by atoms with Crippen LogP contribution in [0.25, 0.3) is 16.8 Å². The van der Waals surface area contributed by atoms with Crippen molar-refractivity contribution in [3.63, 3.8) is 0 Å². The van der Waals surface area contributed by atoms with Crippen molar-refractivity contribution in [2.24, 2.45) is 0 Å². The summed E-state index contributed by atoms with van der Waals surface area (Å²) < 4.78 is 11.5. The number of anilines is 1. The molecule has 0 saturated carbocycles. The molecular weight excluding hydrogens is 402 g/mol. The van der Waals surface area contributed by atoms with Gasteiger partial charge in [-0.3, -0.25) is 9.69 Å². The fraction of sp³-hybridized carbons (Fsp3) is 0.130. The molecule has 0 unspecified atom stereocenters. The van der Waals surface area contributed by atoms with Crippen molar-refractivity contribution in [3.8, 4) is 11.5 Å². The Morgan fingerprint density at radius 2 is 1.83 bits per heavy atom. The number of rotatable bonds is 5. The van der Waals surface area contributed by atoms with Gasteiger partial charge in [0.15, 0.2) is 15.8 Å². The molecule has 1 amide bonds. The zero-order valence-electron chi connectivity index (χ0n) is 16.0. The number of amides is 1. The van der Waals surface area contributed by atoms with Gasteiger partial charge in [-0.15, -0.1) is 0 Å². The number of fused-ring (bicyclic) bond motifs is 1. The predicted octanol–water partition coefficient (Wildman–Crippen LogP) is 5.65. The zero-order chi connectivity index (χ0) is 20.4. The van der Waals surface area contributed by atoms with Gasteiger partial charge in [-0.1, -0.05) is 60.4 Å². The largest absolute Gasteiger partial charge is 0.493 e. The molecule has 3 aromatic carbocycles. The maximum absolute atomic E-state index is 13.1. The SMILES string of the molecule is CCOc1ccc(/C=C2\SC(=S)N(c3ccc4ccccc4c3)C2=O)cc1OC. The highest BCUT2D eigenvalue weighted by atomic mass is 32.2. The smallest absolute Gasteiger partial charge is 0.270 e. The van der Waals surface area contributed by atoms with Gasteiger partial charge in [0.25, 0.3) is 5.91 Å². The second-order valence-corrected chi connectivity index (χ2v) is 8.07. The van der Waals surface area contributed by atoms with E-state index in [1.165, 1.54) is 11.8 Å². The summed E-state index contributed by atoms with van der Waals surface area (Å²) in [5.74, 6) is 1.18. The summed E-state index contributed by atoms with van der Waals surface area (Å²) in [6.45, 7) is 2.48. The molecule has 29 heavy (non-hydrogen) atoms. The van der Waals surface area contributed by atoms with Crippen LogP contribution in [0, 0.1) is 0 Å². The summed E-state index contributed by atoms with van der Waals surface area (Å²) >= 11 is 6.80. The minimum absolute atomic E-state index is 0.122. The molecule has 4 nitrogen and oxygen atoms in total. The quantitative estimate of drug-likeness (QED) is 0.393. The van der Waals surface area contributed by atoms with Gasteiger partial charge in [-0.05, 0) is 53.6 Å². The topological polar surface area (TPSA) is 38.8 Å². The number of thioether (sulfide) groups is 1. The molecule has 0 N–H and O–H groups in total. The molecule has 1 fully saturated rings. The molecule has 0 spiro atoms. The Morgan fingerprint density at radius 3 is 2.59 bits per heavy atom. The minimum Gasteiger partial charge on any atom is -0.493 e. The zero-order valence-corrected chi connectivity index (χ0v) is 17.7. The summed E-state index contributed by atoms with van der Waals surface area (Å²) in [7, 11) is 1.60. The van der Waals surface area contributed by atoms with E-state index < -0.39 is 0 Å². The number of hydrogen-bond acceptors (Lipinski definition) is 5. The van der Waals surface area contributed by atoms with Crippen LogP contribution in [0.3, 0.4) is 0 Å². The molecule has 1 aliphatic heterocycles. The molecule has 0 aliphatic carbocycles. The van der Waals surface area contributed by atoms with Crippen LogP contribution in [-0.4, -0.2) is 23.9 Å². The second-order valence-electron chi connectivity index (χ2n) is 6.39. The lowest BCUT2D eigenvalue weighted by Crippen LogP contribution is -2.27. The third kappa shape index (κ3) is 3.86. The summed E-state index contributed by atoms with van der Waals surface area (Å²) in [5.41, 5.74) is 1.63.